The molecule has 1 aliphatic carbocycles. The maximum absolute atomic E-state index is 13.7. The predicted octanol–water partition coefficient (Wildman–Crippen LogP) is 7.04. The van der Waals surface area contributed by atoms with Gasteiger partial charge in [-0.1, -0.05) is 19.1 Å². The number of benzene rings is 3. The van der Waals surface area contributed by atoms with E-state index in [4.69, 9.17) is 9.72 Å². The highest BCUT2D eigenvalue weighted by Crippen LogP contribution is 2.42. The summed E-state index contributed by atoms with van der Waals surface area (Å²) in [5.41, 5.74) is 6.98. The second-order valence-corrected chi connectivity index (χ2v) is 22.5. The molecule has 1 saturated carbocycles. The summed E-state index contributed by atoms with van der Waals surface area (Å²) in [6, 6.07) is 16.7. The number of halogens is 1. The van der Waals surface area contributed by atoms with E-state index < -0.39 is 7.14 Å². The van der Waals surface area contributed by atoms with Crippen molar-refractivity contribution in [2.24, 2.45) is 5.92 Å². The number of amides is 3. The van der Waals surface area contributed by atoms with Gasteiger partial charge in [-0.15, -0.1) is 0 Å². The van der Waals surface area contributed by atoms with Gasteiger partial charge in [-0.2, -0.15) is 4.98 Å². The van der Waals surface area contributed by atoms with Crippen LogP contribution in [-0.2, 0) is 25.4 Å². The molecule has 3 aromatic carbocycles. The Kier molecular flexibility index (Phi) is 13.5. The first-order valence-electron chi connectivity index (χ1n) is 23.3. The lowest BCUT2D eigenvalue weighted by Gasteiger charge is -2.46. The molecule has 3 amide bonds. The molecule has 3 aliphatic heterocycles. The maximum atomic E-state index is 13.7. The number of methoxy groups -OCH3 is 1. The normalized spacial score (nSPS) is 20.6. The summed E-state index contributed by atoms with van der Waals surface area (Å²) in [6.45, 7) is 10.8. The van der Waals surface area contributed by atoms with E-state index in [1.807, 2.05) is 24.3 Å². The number of imide groups is 1. The van der Waals surface area contributed by atoms with Crippen LogP contribution >= 0.6 is 23.1 Å². The zero-order valence-corrected chi connectivity index (χ0v) is 41.3. The number of nitrogens with zero attached hydrogens (tertiary/aromatic N) is 8. The van der Waals surface area contributed by atoms with Gasteiger partial charge < -0.3 is 34.6 Å². The number of carbonyl (C=O) groups is 3. The lowest BCUT2D eigenvalue weighted by Crippen LogP contribution is -2.57. The molecule has 67 heavy (non-hydrogen) atoms. The second kappa shape index (κ2) is 19.5. The molecule has 5 aromatic rings. The van der Waals surface area contributed by atoms with Crippen LogP contribution in [0.1, 0.15) is 62.5 Å². The van der Waals surface area contributed by atoms with Gasteiger partial charge in [0.05, 0.1) is 39.7 Å². The molecule has 1 unspecified atom stereocenters. The second-order valence-electron chi connectivity index (χ2n) is 18.5. The number of anilines is 6. The van der Waals surface area contributed by atoms with Gasteiger partial charge in [-0.25, -0.2) is 4.98 Å². The van der Waals surface area contributed by atoms with E-state index in [9.17, 15) is 18.9 Å². The van der Waals surface area contributed by atoms with E-state index >= 15 is 0 Å². The van der Waals surface area contributed by atoms with Crippen molar-refractivity contribution in [3.63, 3.8) is 0 Å². The number of ether oxygens (including phenoxy) is 1. The van der Waals surface area contributed by atoms with Gasteiger partial charge in [0.25, 0.3) is 0 Å². The third-order valence-electron chi connectivity index (χ3n) is 14.1. The first-order chi connectivity index (χ1) is 32.3. The molecule has 9 rings (SSSR count). The molecule has 3 saturated heterocycles. The number of hydrogen-bond donors (Lipinski definition) is 3. The quantitative estimate of drug-likeness (QED) is 0.0809. The van der Waals surface area contributed by atoms with Crippen molar-refractivity contribution >= 4 is 91.6 Å². The maximum Gasteiger partial charge on any atom is 0.234 e. The number of fused-ring (bicyclic) bond motifs is 1. The smallest absolute Gasteiger partial charge is 0.234 e. The van der Waals surface area contributed by atoms with Gasteiger partial charge in [0.15, 0.2) is 0 Å². The Morgan fingerprint density at radius 3 is 2.42 bits per heavy atom. The molecule has 5 heterocycles. The number of piperidine rings is 2. The van der Waals surface area contributed by atoms with Gasteiger partial charge >= 0.3 is 0 Å². The van der Waals surface area contributed by atoms with Crippen LogP contribution in [0, 0.1) is 5.92 Å². The van der Waals surface area contributed by atoms with E-state index in [1.165, 1.54) is 11.3 Å². The summed E-state index contributed by atoms with van der Waals surface area (Å²) in [6.07, 6.45) is 10.4. The van der Waals surface area contributed by atoms with E-state index in [-0.39, 0.29) is 35.6 Å². The van der Waals surface area contributed by atoms with Gasteiger partial charge in [0.1, 0.15) is 24.2 Å². The fourth-order valence-electron chi connectivity index (χ4n) is 10.2. The number of rotatable bonds is 13. The Morgan fingerprint density at radius 2 is 1.70 bits per heavy atom. The summed E-state index contributed by atoms with van der Waals surface area (Å²) in [5, 5.41) is 9.86. The third kappa shape index (κ3) is 9.86. The fraction of sp³-hybridized carbons (Fsp3) is 0.449. The van der Waals surface area contributed by atoms with Crippen molar-refractivity contribution in [2.45, 2.75) is 69.9 Å². The third-order valence-corrected chi connectivity index (χ3v) is 16.2. The zero-order valence-electron chi connectivity index (χ0n) is 38.8. The lowest BCUT2D eigenvalue weighted by molar-refractivity contribution is -0.141. The number of piperazine rings is 1. The topological polar surface area (TPSA) is 178 Å². The number of aryl methyl sites for hydroxylation is 1. The van der Waals surface area contributed by atoms with Crippen molar-refractivity contribution in [1.29, 1.82) is 0 Å². The molecule has 0 spiro atoms. The summed E-state index contributed by atoms with van der Waals surface area (Å²) in [7, 11) is 0.964. The Hall–Kier alpha value is -5.64. The summed E-state index contributed by atoms with van der Waals surface area (Å²) < 4.78 is 20.1. The largest absolute Gasteiger partial charge is 0.494 e. The number of nitrogens with one attached hydrogen (secondary N) is 3. The minimum Gasteiger partial charge on any atom is -0.494 e. The molecule has 1 atom stereocenters. The van der Waals surface area contributed by atoms with Crippen LogP contribution in [-0.4, -0.2) is 126 Å². The van der Waals surface area contributed by atoms with Crippen LogP contribution < -0.4 is 35.8 Å². The zero-order chi connectivity index (χ0) is 47.0. The number of aromatic nitrogens is 4. The standard InChI is InChI=1S/C49H59BrN11O5P/c1-6-30-27-40(55-49-53-29-37(50)46(57-49)54-39-12-11-38-44(52-17-16-51-38)45(39)67(4,5)65)42(66-3)28-41(30)60-18-14-33(15-19-60)59-20-22-61(23-21-59)48(64)32-25-35(26-32)58(2)34-9-7-8-31(24-34)36-10-13-43(62)56-47(36)63/h7-9,11-12,16-17,24,27-29,32-33,35-36H,6,10,13-15,18-23,25-26H2,1-5H3,(H,56,62,63)(H2,53,54,55,57)/t32-,35-,36?. The van der Waals surface area contributed by atoms with Gasteiger partial charge in [0.2, 0.25) is 23.7 Å². The number of carbonyl (C=O) groups excluding carboxylic acids is 3. The van der Waals surface area contributed by atoms with Gasteiger partial charge in [-0.05, 0) is 109 Å². The van der Waals surface area contributed by atoms with Crippen LogP contribution in [0.3, 0.4) is 0 Å². The van der Waals surface area contributed by atoms with Gasteiger partial charge in [-0.3, -0.25) is 34.6 Å². The lowest BCUT2D eigenvalue weighted by atomic mass is 9.78. The SMILES string of the molecule is CCc1cc(Nc2ncc(Br)c(Nc3ccc4nccnc4c3P(C)(C)=O)n2)c(OC)cc1N1CCC(N2CCN(C(=O)[C@H]3C[C@H](N(C)c4cccc(C5CCC(=O)NC5=O)c4)C3)CC2)CC1. The average Bonchev–Trinajstić information content (AvgIpc) is 3.31. The first kappa shape index (κ1) is 46.5. The van der Waals surface area contributed by atoms with Crippen molar-refractivity contribution in [3.8, 4) is 5.75 Å². The van der Waals surface area contributed by atoms with Crippen LogP contribution in [0.15, 0.2) is 71.6 Å². The molecular weight excluding hydrogens is 933 g/mol. The highest BCUT2D eigenvalue weighted by atomic mass is 79.9. The summed E-state index contributed by atoms with van der Waals surface area (Å²) >= 11 is 3.60. The van der Waals surface area contributed by atoms with Crippen LogP contribution in [0.4, 0.5) is 34.5 Å². The highest BCUT2D eigenvalue weighted by molar-refractivity contribution is 9.10. The monoisotopic (exact) mass is 991 g/mol. The van der Waals surface area contributed by atoms with Crippen LogP contribution in [0.5, 0.6) is 5.75 Å². The molecule has 0 bridgehead atoms. The molecular formula is C49H59BrN11O5P. The molecule has 352 valence electrons. The minimum absolute atomic E-state index is 0.0357. The van der Waals surface area contributed by atoms with Crippen LogP contribution in [0.2, 0.25) is 0 Å². The molecule has 4 fully saturated rings. The van der Waals surface area contributed by atoms with Crippen molar-refractivity contribution < 1.29 is 23.7 Å². The summed E-state index contributed by atoms with van der Waals surface area (Å²) in [4.78, 5) is 65.5. The van der Waals surface area contributed by atoms with E-state index in [2.05, 4.69) is 105 Å². The Labute approximate surface area is 400 Å². The number of hydrogen-bond acceptors (Lipinski definition) is 14. The van der Waals surface area contributed by atoms with Crippen molar-refractivity contribution in [2.75, 3.05) is 87.2 Å². The highest BCUT2D eigenvalue weighted by Gasteiger charge is 2.40. The minimum atomic E-state index is -2.78. The summed E-state index contributed by atoms with van der Waals surface area (Å²) in [5.74, 6) is 1.12. The Balaban J connectivity index is 0.778. The van der Waals surface area contributed by atoms with E-state index in [1.54, 1.807) is 39.0 Å². The van der Waals surface area contributed by atoms with Crippen molar-refractivity contribution in [3.05, 3.63) is 82.7 Å². The van der Waals surface area contributed by atoms with E-state index in [0.717, 1.165) is 88.3 Å². The van der Waals surface area contributed by atoms with Gasteiger partial charge in [0, 0.05) is 107 Å². The average molecular weight is 993 g/mol. The molecule has 0 radical (unpaired) electrons. The molecule has 3 N–H and O–H groups in total. The molecule has 2 aromatic heterocycles. The predicted molar refractivity (Wildman–Crippen MR) is 267 cm³/mol. The Morgan fingerprint density at radius 1 is 0.940 bits per heavy atom. The van der Waals surface area contributed by atoms with Crippen LogP contribution in [0.25, 0.3) is 11.0 Å². The van der Waals surface area contributed by atoms with Crippen molar-refractivity contribution in [1.82, 2.24) is 35.1 Å². The van der Waals surface area contributed by atoms with E-state index in [0.29, 0.717) is 62.9 Å². The molecule has 4 aliphatic rings. The fourth-order valence-corrected chi connectivity index (χ4v) is 11.9. The first-order valence-corrected chi connectivity index (χ1v) is 26.7. The Bertz CT molecular complexity index is 2730. The molecule has 16 nitrogen and oxygen atoms in total. The molecule has 18 heteroatoms.